The summed E-state index contributed by atoms with van der Waals surface area (Å²) >= 11 is 0. The van der Waals surface area contributed by atoms with Crippen molar-refractivity contribution >= 4 is 5.97 Å². The third-order valence-corrected chi connectivity index (χ3v) is 2.04. The molecule has 0 unspecified atom stereocenters. The van der Waals surface area contributed by atoms with Crippen LogP contribution in [0.25, 0.3) is 0 Å². The molecule has 0 aromatic carbocycles. The standard InChI is InChI=1S/C11H19NO2/c1-4-14-10(13)7-5-6-8-11(2,3)9-12/h4-8H2,1-3H3. The Morgan fingerprint density at radius 1 is 1.43 bits per heavy atom. The van der Waals surface area contributed by atoms with Crippen molar-refractivity contribution in [3.8, 4) is 6.07 Å². The summed E-state index contributed by atoms with van der Waals surface area (Å²) in [5.74, 6) is -0.137. The first kappa shape index (κ1) is 13.0. The highest BCUT2D eigenvalue weighted by atomic mass is 16.5. The maximum absolute atomic E-state index is 10.9. The summed E-state index contributed by atoms with van der Waals surface area (Å²) in [7, 11) is 0. The Labute approximate surface area is 86.1 Å². The number of unbranched alkanes of at least 4 members (excludes halogenated alkanes) is 1. The average Bonchev–Trinajstić information content (AvgIpc) is 2.13. The number of rotatable bonds is 6. The Balaban J connectivity index is 3.48. The van der Waals surface area contributed by atoms with Gasteiger partial charge in [-0.15, -0.1) is 0 Å². The second kappa shape index (κ2) is 6.42. The summed E-state index contributed by atoms with van der Waals surface area (Å²) in [5.41, 5.74) is -0.269. The Bertz CT molecular complexity index is 216. The molecule has 0 spiro atoms. The monoisotopic (exact) mass is 197 g/mol. The van der Waals surface area contributed by atoms with Gasteiger partial charge in [-0.3, -0.25) is 4.79 Å². The molecule has 0 aliphatic carbocycles. The van der Waals surface area contributed by atoms with E-state index in [0.29, 0.717) is 13.0 Å². The summed E-state index contributed by atoms with van der Waals surface area (Å²) in [6.45, 7) is 6.08. The zero-order valence-corrected chi connectivity index (χ0v) is 9.30. The van der Waals surface area contributed by atoms with Crippen LogP contribution in [0.1, 0.15) is 46.5 Å². The van der Waals surface area contributed by atoms with Crippen LogP contribution in [-0.4, -0.2) is 12.6 Å². The minimum Gasteiger partial charge on any atom is -0.466 e. The topological polar surface area (TPSA) is 50.1 Å². The average molecular weight is 197 g/mol. The molecule has 0 rings (SSSR count). The molecule has 14 heavy (non-hydrogen) atoms. The predicted octanol–water partition coefficient (Wildman–Crippen LogP) is 2.66. The quantitative estimate of drug-likeness (QED) is 0.486. The fraction of sp³-hybridized carbons (Fsp3) is 0.818. The van der Waals surface area contributed by atoms with Crippen LogP contribution in [0.5, 0.6) is 0 Å². The predicted molar refractivity (Wildman–Crippen MR) is 54.5 cm³/mol. The maximum Gasteiger partial charge on any atom is 0.305 e. The Hall–Kier alpha value is -1.04. The number of carbonyl (C=O) groups excluding carboxylic acids is 1. The molecule has 0 fully saturated rings. The van der Waals surface area contributed by atoms with Crippen molar-refractivity contribution in [1.29, 1.82) is 5.26 Å². The summed E-state index contributed by atoms with van der Waals surface area (Å²) in [5, 5.41) is 8.75. The lowest BCUT2D eigenvalue weighted by atomic mass is 9.89. The van der Waals surface area contributed by atoms with Gasteiger partial charge in [0.05, 0.1) is 18.1 Å². The van der Waals surface area contributed by atoms with Gasteiger partial charge in [-0.1, -0.05) is 6.42 Å². The van der Waals surface area contributed by atoms with Crippen LogP contribution >= 0.6 is 0 Å². The molecule has 0 bridgehead atoms. The van der Waals surface area contributed by atoms with E-state index in [1.54, 1.807) is 6.92 Å². The molecule has 0 saturated heterocycles. The molecule has 0 N–H and O–H groups in total. The fourth-order valence-corrected chi connectivity index (χ4v) is 1.13. The number of nitriles is 1. The second-order valence-electron chi connectivity index (χ2n) is 4.01. The molecule has 80 valence electrons. The normalized spacial score (nSPS) is 10.7. The molecule has 3 nitrogen and oxygen atoms in total. The van der Waals surface area contributed by atoms with E-state index in [0.717, 1.165) is 19.3 Å². The van der Waals surface area contributed by atoms with E-state index in [1.165, 1.54) is 0 Å². The molecule has 0 amide bonds. The SMILES string of the molecule is CCOC(=O)CCCCC(C)(C)C#N. The second-order valence-corrected chi connectivity index (χ2v) is 4.01. The van der Waals surface area contributed by atoms with Crippen molar-refractivity contribution in [2.24, 2.45) is 5.41 Å². The molecular weight excluding hydrogens is 178 g/mol. The molecule has 0 radical (unpaired) electrons. The van der Waals surface area contributed by atoms with E-state index >= 15 is 0 Å². The summed E-state index contributed by atoms with van der Waals surface area (Å²) in [6.07, 6.45) is 3.02. The first-order chi connectivity index (χ1) is 6.52. The van der Waals surface area contributed by atoms with Crippen LogP contribution < -0.4 is 0 Å². The van der Waals surface area contributed by atoms with Gasteiger partial charge in [0.15, 0.2) is 0 Å². The molecular formula is C11H19NO2. The molecule has 0 saturated carbocycles. The summed E-state index contributed by atoms with van der Waals surface area (Å²) in [4.78, 5) is 10.9. The molecule has 3 heteroatoms. The number of carbonyl (C=O) groups is 1. The zero-order chi connectivity index (χ0) is 11.0. The van der Waals surface area contributed by atoms with Gasteiger partial charge in [0.1, 0.15) is 0 Å². The molecule has 0 atom stereocenters. The summed E-state index contributed by atoms with van der Waals surface area (Å²) in [6, 6.07) is 2.24. The van der Waals surface area contributed by atoms with E-state index in [9.17, 15) is 4.79 Å². The van der Waals surface area contributed by atoms with Crippen molar-refractivity contribution in [3.05, 3.63) is 0 Å². The van der Waals surface area contributed by atoms with Gasteiger partial charge in [0.25, 0.3) is 0 Å². The molecule has 0 aromatic heterocycles. The number of hydrogen-bond donors (Lipinski definition) is 0. The minimum atomic E-state index is -0.269. The van der Waals surface area contributed by atoms with Crippen molar-refractivity contribution in [1.82, 2.24) is 0 Å². The highest BCUT2D eigenvalue weighted by Crippen LogP contribution is 2.22. The van der Waals surface area contributed by atoms with Gasteiger partial charge in [-0.05, 0) is 33.6 Å². The number of hydrogen-bond acceptors (Lipinski definition) is 3. The first-order valence-electron chi connectivity index (χ1n) is 5.08. The van der Waals surface area contributed by atoms with Gasteiger partial charge < -0.3 is 4.74 Å². The van der Waals surface area contributed by atoms with Gasteiger partial charge in [0.2, 0.25) is 0 Å². The Morgan fingerprint density at radius 2 is 2.07 bits per heavy atom. The van der Waals surface area contributed by atoms with E-state index < -0.39 is 0 Å². The van der Waals surface area contributed by atoms with Gasteiger partial charge >= 0.3 is 5.97 Å². The molecule has 0 aliphatic rings. The van der Waals surface area contributed by atoms with Gasteiger partial charge in [0, 0.05) is 6.42 Å². The summed E-state index contributed by atoms with van der Waals surface area (Å²) < 4.78 is 4.80. The van der Waals surface area contributed by atoms with E-state index in [4.69, 9.17) is 10.00 Å². The van der Waals surface area contributed by atoms with Crippen molar-refractivity contribution in [3.63, 3.8) is 0 Å². The van der Waals surface area contributed by atoms with E-state index in [1.807, 2.05) is 13.8 Å². The van der Waals surface area contributed by atoms with E-state index in [2.05, 4.69) is 6.07 Å². The highest BCUT2D eigenvalue weighted by Gasteiger charge is 2.15. The number of nitrogens with zero attached hydrogens (tertiary/aromatic N) is 1. The zero-order valence-electron chi connectivity index (χ0n) is 9.30. The molecule has 0 heterocycles. The number of esters is 1. The fourth-order valence-electron chi connectivity index (χ4n) is 1.13. The van der Waals surface area contributed by atoms with Crippen molar-refractivity contribution in [2.75, 3.05) is 6.61 Å². The lowest BCUT2D eigenvalue weighted by Crippen LogP contribution is -2.08. The maximum atomic E-state index is 10.9. The van der Waals surface area contributed by atoms with Gasteiger partial charge in [-0.25, -0.2) is 0 Å². The molecule has 0 aromatic rings. The largest absolute Gasteiger partial charge is 0.466 e. The van der Waals surface area contributed by atoms with Gasteiger partial charge in [-0.2, -0.15) is 5.26 Å². The van der Waals surface area contributed by atoms with Crippen molar-refractivity contribution < 1.29 is 9.53 Å². The lowest BCUT2D eigenvalue weighted by molar-refractivity contribution is -0.143. The smallest absolute Gasteiger partial charge is 0.305 e. The Morgan fingerprint density at radius 3 is 2.57 bits per heavy atom. The van der Waals surface area contributed by atoms with Crippen LogP contribution in [0, 0.1) is 16.7 Å². The first-order valence-corrected chi connectivity index (χ1v) is 5.08. The molecule has 0 aliphatic heterocycles. The van der Waals surface area contributed by atoms with Crippen LogP contribution in [-0.2, 0) is 9.53 Å². The van der Waals surface area contributed by atoms with Crippen LogP contribution in [0.3, 0.4) is 0 Å². The van der Waals surface area contributed by atoms with Crippen LogP contribution in [0.15, 0.2) is 0 Å². The highest BCUT2D eigenvalue weighted by molar-refractivity contribution is 5.69. The number of ether oxygens (including phenoxy) is 1. The Kier molecular flexibility index (Phi) is 5.94. The minimum absolute atomic E-state index is 0.137. The van der Waals surface area contributed by atoms with Crippen LogP contribution in [0.4, 0.5) is 0 Å². The van der Waals surface area contributed by atoms with E-state index in [-0.39, 0.29) is 11.4 Å². The van der Waals surface area contributed by atoms with Crippen LogP contribution in [0.2, 0.25) is 0 Å². The third-order valence-electron chi connectivity index (χ3n) is 2.04. The van der Waals surface area contributed by atoms with Crippen molar-refractivity contribution in [2.45, 2.75) is 46.5 Å². The third kappa shape index (κ3) is 6.47. The lowest BCUT2D eigenvalue weighted by Gasteiger charge is -2.13.